The summed E-state index contributed by atoms with van der Waals surface area (Å²) in [4.78, 5) is 30.6. The van der Waals surface area contributed by atoms with Gasteiger partial charge in [-0.25, -0.2) is 4.98 Å². The fourth-order valence-electron chi connectivity index (χ4n) is 2.69. The minimum Gasteiger partial charge on any atom is -0.351 e. The molecular weight excluding hydrogens is 330 g/mol. The minimum atomic E-state index is -0.195. The number of thioether (sulfide) groups is 1. The van der Waals surface area contributed by atoms with E-state index in [9.17, 15) is 9.59 Å². The molecule has 1 amide bonds. The number of nitrogens with one attached hydrogen (secondary N) is 1. The highest BCUT2D eigenvalue weighted by molar-refractivity contribution is 7.99. The average Bonchev–Trinajstić information content (AvgIpc) is 3.06. The summed E-state index contributed by atoms with van der Waals surface area (Å²) in [5.74, 6) is 0.467. The fourth-order valence-corrected chi connectivity index (χ4v) is 4.46. The topological polar surface area (TPSA) is 64.0 Å². The van der Waals surface area contributed by atoms with Gasteiger partial charge >= 0.3 is 0 Å². The van der Waals surface area contributed by atoms with E-state index in [4.69, 9.17) is 0 Å². The van der Waals surface area contributed by atoms with Crippen LogP contribution in [-0.4, -0.2) is 21.2 Å². The second-order valence-electron chi connectivity index (χ2n) is 5.53. The summed E-state index contributed by atoms with van der Waals surface area (Å²) in [5, 5.41) is 5.69. The molecule has 0 fully saturated rings. The van der Waals surface area contributed by atoms with E-state index >= 15 is 0 Å². The number of aromatic nitrogens is 2. The van der Waals surface area contributed by atoms with Crippen molar-refractivity contribution in [1.29, 1.82) is 0 Å². The van der Waals surface area contributed by atoms with E-state index < -0.39 is 0 Å². The van der Waals surface area contributed by atoms with Crippen molar-refractivity contribution in [1.82, 2.24) is 14.9 Å². The van der Waals surface area contributed by atoms with Gasteiger partial charge in [-0.15, -0.1) is 11.3 Å². The number of amides is 1. The van der Waals surface area contributed by atoms with Crippen molar-refractivity contribution < 1.29 is 4.79 Å². The second kappa shape index (κ2) is 6.88. The smallest absolute Gasteiger partial charge is 0.257 e. The molecule has 0 bridgehead atoms. The summed E-state index contributed by atoms with van der Waals surface area (Å²) >= 11 is 3.11. The summed E-state index contributed by atoms with van der Waals surface area (Å²) < 4.78 is 1.66. The standard InChI is InChI=1S/C16H19N3O2S2/c1-3-13-10(2)18-16-19(15(13)21)8-11(9-23-16)14(20)17-7-12-5-4-6-22-12/h4-6,11H,3,7-9H2,1-2H3,(H,17,20)/t11-/m1/s1. The highest BCUT2D eigenvalue weighted by atomic mass is 32.2. The zero-order valence-corrected chi connectivity index (χ0v) is 14.8. The maximum absolute atomic E-state index is 12.6. The normalized spacial score (nSPS) is 16.9. The van der Waals surface area contributed by atoms with E-state index in [1.54, 1.807) is 15.9 Å². The Hall–Kier alpha value is -1.60. The molecule has 0 saturated carbocycles. The number of fused-ring (bicyclic) bond motifs is 1. The van der Waals surface area contributed by atoms with Gasteiger partial charge < -0.3 is 5.32 Å². The summed E-state index contributed by atoms with van der Waals surface area (Å²) in [6, 6.07) is 3.97. The molecule has 1 N–H and O–H groups in total. The first-order chi connectivity index (χ1) is 11.1. The van der Waals surface area contributed by atoms with E-state index in [2.05, 4.69) is 10.3 Å². The van der Waals surface area contributed by atoms with Crippen LogP contribution in [0.2, 0.25) is 0 Å². The summed E-state index contributed by atoms with van der Waals surface area (Å²) in [7, 11) is 0. The molecule has 2 aromatic heterocycles. The SMILES string of the molecule is CCc1c(C)nc2n(c1=O)C[C@@H](C(=O)NCc1cccs1)CS2. The maximum atomic E-state index is 12.6. The number of thiophene rings is 1. The Morgan fingerprint density at radius 3 is 3.04 bits per heavy atom. The minimum absolute atomic E-state index is 0.00161. The van der Waals surface area contributed by atoms with Crippen LogP contribution in [0.5, 0.6) is 0 Å². The molecule has 5 nitrogen and oxygen atoms in total. The molecule has 0 aromatic carbocycles. The molecule has 1 atom stereocenters. The van der Waals surface area contributed by atoms with Crippen molar-refractivity contribution in [3.63, 3.8) is 0 Å². The highest BCUT2D eigenvalue weighted by Crippen LogP contribution is 2.26. The van der Waals surface area contributed by atoms with E-state index in [0.29, 0.717) is 25.3 Å². The molecule has 3 heterocycles. The number of carbonyl (C=O) groups is 1. The van der Waals surface area contributed by atoms with Gasteiger partial charge in [0.05, 0.1) is 12.5 Å². The number of hydrogen-bond donors (Lipinski definition) is 1. The Labute approximate surface area is 143 Å². The first-order valence-corrected chi connectivity index (χ1v) is 9.50. The molecule has 1 aliphatic heterocycles. The van der Waals surface area contributed by atoms with Crippen molar-refractivity contribution in [2.24, 2.45) is 5.92 Å². The van der Waals surface area contributed by atoms with Gasteiger partial charge in [0.25, 0.3) is 5.56 Å². The Bertz CT molecular complexity index is 768. The molecule has 0 unspecified atom stereocenters. The van der Waals surface area contributed by atoms with Crippen LogP contribution in [0.3, 0.4) is 0 Å². The van der Waals surface area contributed by atoms with E-state index in [1.165, 1.54) is 11.8 Å². The molecule has 0 aliphatic carbocycles. The van der Waals surface area contributed by atoms with Gasteiger partial charge in [-0.3, -0.25) is 14.2 Å². The Morgan fingerprint density at radius 1 is 1.52 bits per heavy atom. The van der Waals surface area contributed by atoms with Gasteiger partial charge in [-0.1, -0.05) is 24.8 Å². The van der Waals surface area contributed by atoms with Gasteiger partial charge in [0.15, 0.2) is 5.16 Å². The largest absolute Gasteiger partial charge is 0.351 e. The lowest BCUT2D eigenvalue weighted by molar-refractivity contribution is -0.125. The summed E-state index contributed by atoms with van der Waals surface area (Å²) in [6.45, 7) is 4.80. The van der Waals surface area contributed by atoms with Crippen LogP contribution in [0.15, 0.2) is 27.5 Å². The molecule has 23 heavy (non-hydrogen) atoms. The Morgan fingerprint density at radius 2 is 2.35 bits per heavy atom. The first kappa shape index (κ1) is 16.3. The second-order valence-corrected chi connectivity index (χ2v) is 7.55. The van der Waals surface area contributed by atoms with Gasteiger partial charge in [0.2, 0.25) is 5.91 Å². The molecule has 0 spiro atoms. The third kappa shape index (κ3) is 3.35. The van der Waals surface area contributed by atoms with Crippen LogP contribution in [-0.2, 0) is 24.3 Å². The zero-order valence-electron chi connectivity index (χ0n) is 13.2. The number of aryl methyl sites for hydroxylation is 1. The number of nitrogens with zero attached hydrogens (tertiary/aromatic N) is 2. The molecule has 0 saturated heterocycles. The third-order valence-corrected chi connectivity index (χ3v) is 6.01. The lowest BCUT2D eigenvalue weighted by Gasteiger charge is -2.25. The molecule has 2 aromatic rings. The van der Waals surface area contributed by atoms with Crippen LogP contribution in [0.25, 0.3) is 0 Å². The quantitative estimate of drug-likeness (QED) is 0.860. The van der Waals surface area contributed by atoms with E-state index in [1.807, 2.05) is 31.4 Å². The van der Waals surface area contributed by atoms with E-state index in [0.717, 1.165) is 21.3 Å². The van der Waals surface area contributed by atoms with Crippen molar-refractivity contribution in [2.75, 3.05) is 5.75 Å². The van der Waals surface area contributed by atoms with Crippen molar-refractivity contribution >= 4 is 29.0 Å². The van der Waals surface area contributed by atoms with Crippen LogP contribution in [0.4, 0.5) is 0 Å². The Kier molecular flexibility index (Phi) is 4.87. The first-order valence-electron chi connectivity index (χ1n) is 7.63. The van der Waals surface area contributed by atoms with Crippen LogP contribution >= 0.6 is 23.1 Å². The monoisotopic (exact) mass is 349 g/mol. The summed E-state index contributed by atoms with van der Waals surface area (Å²) in [6.07, 6.45) is 0.665. The van der Waals surface area contributed by atoms with Crippen LogP contribution < -0.4 is 10.9 Å². The molecule has 0 radical (unpaired) electrons. The van der Waals surface area contributed by atoms with Crippen molar-refractivity contribution in [2.45, 2.75) is 38.5 Å². The number of carbonyl (C=O) groups excluding carboxylic acids is 1. The molecule has 7 heteroatoms. The van der Waals surface area contributed by atoms with Gasteiger partial charge in [0.1, 0.15) is 0 Å². The lowest BCUT2D eigenvalue weighted by atomic mass is 10.1. The zero-order chi connectivity index (χ0) is 16.4. The van der Waals surface area contributed by atoms with Gasteiger partial charge in [0, 0.05) is 28.4 Å². The predicted molar refractivity (Wildman–Crippen MR) is 93.0 cm³/mol. The molecule has 1 aliphatic rings. The summed E-state index contributed by atoms with van der Waals surface area (Å²) in [5.41, 5.74) is 1.55. The van der Waals surface area contributed by atoms with Crippen LogP contribution in [0.1, 0.15) is 23.1 Å². The predicted octanol–water partition coefficient (Wildman–Crippen LogP) is 2.21. The van der Waals surface area contributed by atoms with Crippen molar-refractivity contribution in [3.8, 4) is 0 Å². The highest BCUT2D eigenvalue weighted by Gasteiger charge is 2.27. The maximum Gasteiger partial charge on any atom is 0.257 e. The average molecular weight is 349 g/mol. The van der Waals surface area contributed by atoms with Crippen molar-refractivity contribution in [3.05, 3.63) is 44.0 Å². The molecule has 122 valence electrons. The van der Waals surface area contributed by atoms with Gasteiger partial charge in [-0.2, -0.15) is 0 Å². The third-order valence-electron chi connectivity index (χ3n) is 3.99. The molecular formula is C16H19N3O2S2. The number of hydrogen-bond acceptors (Lipinski definition) is 5. The lowest BCUT2D eigenvalue weighted by Crippen LogP contribution is -2.40. The number of rotatable bonds is 4. The Balaban J connectivity index is 1.74. The molecule has 3 rings (SSSR count). The van der Waals surface area contributed by atoms with E-state index in [-0.39, 0.29) is 17.4 Å². The fraction of sp³-hybridized carbons (Fsp3) is 0.438. The van der Waals surface area contributed by atoms with Crippen LogP contribution in [0, 0.1) is 12.8 Å². The van der Waals surface area contributed by atoms with Gasteiger partial charge in [-0.05, 0) is 24.8 Å².